The topological polar surface area (TPSA) is 12.4 Å². The zero-order valence-corrected chi connectivity index (χ0v) is 8.62. The quantitative estimate of drug-likeness (QED) is 0.396. The molecule has 0 aromatic carbocycles. The van der Waals surface area contributed by atoms with Gasteiger partial charge in [-0.25, -0.2) is 0 Å². The number of aliphatic imine (C=N–C) groups is 1. The summed E-state index contributed by atoms with van der Waals surface area (Å²) in [7, 11) is 0. The Bertz CT molecular complexity index is 275. The number of allylic oxidation sites excluding steroid dienone is 2. The summed E-state index contributed by atoms with van der Waals surface area (Å²) in [4.78, 5) is 4.39. The minimum Gasteiger partial charge on any atom is -0.282 e. The third-order valence-corrected chi connectivity index (χ3v) is 1.99. The molecule has 0 aromatic rings. The zero-order chi connectivity index (χ0) is 9.73. The van der Waals surface area contributed by atoms with Gasteiger partial charge >= 0.3 is 0 Å². The van der Waals surface area contributed by atoms with Crippen LogP contribution in [0, 0.1) is 5.92 Å². The Kier molecular flexibility index (Phi) is 3.27. The Balaban J connectivity index is 2.86. The maximum atomic E-state index is 4.39. The van der Waals surface area contributed by atoms with Gasteiger partial charge in [0.2, 0.25) is 0 Å². The molecule has 1 aliphatic rings. The van der Waals surface area contributed by atoms with Crippen LogP contribution < -0.4 is 0 Å². The van der Waals surface area contributed by atoms with Crippen LogP contribution in [0.5, 0.6) is 0 Å². The van der Waals surface area contributed by atoms with Crippen molar-refractivity contribution in [3.05, 3.63) is 30.0 Å². The van der Waals surface area contributed by atoms with Gasteiger partial charge in [-0.3, -0.25) is 4.99 Å². The van der Waals surface area contributed by atoms with Crippen molar-refractivity contribution in [2.45, 2.75) is 32.7 Å². The summed E-state index contributed by atoms with van der Waals surface area (Å²) in [5.41, 5.74) is 3.04. The lowest BCUT2D eigenvalue weighted by molar-refractivity contribution is 0.650. The molecule has 0 aliphatic carbocycles. The smallest absolute Gasteiger partial charge is 0.0731 e. The van der Waals surface area contributed by atoms with E-state index in [2.05, 4.69) is 49.7 Å². The first-order valence-corrected chi connectivity index (χ1v) is 4.74. The van der Waals surface area contributed by atoms with Crippen LogP contribution in [0.15, 0.2) is 35.0 Å². The van der Waals surface area contributed by atoms with E-state index in [0.717, 1.165) is 6.42 Å². The molecule has 0 amide bonds. The van der Waals surface area contributed by atoms with E-state index >= 15 is 0 Å². The van der Waals surface area contributed by atoms with E-state index in [-0.39, 0.29) is 5.54 Å². The molecule has 0 spiro atoms. The number of hydrogen-bond donors (Lipinski definition) is 0. The number of rotatable bonds is 0. The van der Waals surface area contributed by atoms with Crippen molar-refractivity contribution < 1.29 is 0 Å². The summed E-state index contributed by atoms with van der Waals surface area (Å²) in [6, 6.07) is 0. The van der Waals surface area contributed by atoms with Crippen LogP contribution in [0.4, 0.5) is 0 Å². The second-order valence-electron chi connectivity index (χ2n) is 4.05. The highest BCUT2D eigenvalue weighted by Crippen LogP contribution is 2.13. The van der Waals surface area contributed by atoms with Crippen molar-refractivity contribution in [1.29, 1.82) is 0 Å². The highest BCUT2D eigenvalue weighted by Gasteiger charge is 2.09. The molecule has 1 aliphatic heterocycles. The van der Waals surface area contributed by atoms with E-state index in [9.17, 15) is 0 Å². The minimum absolute atomic E-state index is 0.0742. The first kappa shape index (κ1) is 10.0. The number of nitrogens with zero attached hydrogens (tertiary/aromatic N) is 1. The summed E-state index contributed by atoms with van der Waals surface area (Å²) in [5.74, 6) is 0.565. The maximum Gasteiger partial charge on any atom is 0.0731 e. The van der Waals surface area contributed by atoms with Crippen molar-refractivity contribution in [3.63, 3.8) is 0 Å². The first-order chi connectivity index (χ1) is 6.10. The molecule has 13 heavy (non-hydrogen) atoms. The molecule has 0 saturated heterocycles. The average Bonchev–Trinajstić information content (AvgIpc) is 2.02. The highest BCUT2D eigenvalue weighted by molar-refractivity contribution is 5.71. The van der Waals surface area contributed by atoms with E-state index in [0.29, 0.717) is 5.92 Å². The first-order valence-electron chi connectivity index (χ1n) is 4.74. The molecule has 1 atom stereocenters. The monoisotopic (exact) mass is 175 g/mol. The third-order valence-electron chi connectivity index (χ3n) is 1.99. The second-order valence-corrected chi connectivity index (χ2v) is 4.05. The predicted octanol–water partition coefficient (Wildman–Crippen LogP) is 3.14. The summed E-state index contributed by atoms with van der Waals surface area (Å²) in [6.45, 7) is 6.39. The van der Waals surface area contributed by atoms with Gasteiger partial charge in [0.25, 0.3) is 0 Å². The van der Waals surface area contributed by atoms with Crippen molar-refractivity contribution in [2.24, 2.45) is 10.9 Å². The molecule has 1 unspecified atom stereocenters. The maximum absolute atomic E-state index is 4.39. The fourth-order valence-electron chi connectivity index (χ4n) is 1.17. The lowest BCUT2D eigenvalue weighted by Crippen LogP contribution is -2.12. The molecule has 0 saturated carbocycles. The molecule has 1 heterocycles. The summed E-state index contributed by atoms with van der Waals surface area (Å²) in [6.07, 6.45) is 11.2. The Morgan fingerprint density at radius 2 is 2.23 bits per heavy atom. The largest absolute Gasteiger partial charge is 0.282 e. The highest BCUT2D eigenvalue weighted by atomic mass is 14.8. The van der Waals surface area contributed by atoms with Crippen molar-refractivity contribution in [1.82, 2.24) is 0 Å². The van der Waals surface area contributed by atoms with Crippen molar-refractivity contribution in [3.8, 4) is 0 Å². The lowest BCUT2D eigenvalue weighted by Gasteiger charge is -2.14. The van der Waals surface area contributed by atoms with E-state index in [1.54, 1.807) is 0 Å². The van der Waals surface area contributed by atoms with E-state index in [4.69, 9.17) is 0 Å². The van der Waals surface area contributed by atoms with Gasteiger partial charge in [-0.1, -0.05) is 19.1 Å². The molecule has 1 nitrogen and oxygen atoms in total. The van der Waals surface area contributed by atoms with Gasteiger partial charge in [0.05, 0.1) is 5.54 Å². The molecule has 1 heteroatoms. The molecule has 0 radical (unpaired) electrons. The van der Waals surface area contributed by atoms with Crippen LogP contribution in [0.25, 0.3) is 0 Å². The van der Waals surface area contributed by atoms with Gasteiger partial charge in [-0.2, -0.15) is 0 Å². The predicted molar refractivity (Wildman–Crippen MR) is 58.1 cm³/mol. The third kappa shape index (κ3) is 3.91. The van der Waals surface area contributed by atoms with E-state index in [1.807, 2.05) is 12.3 Å². The normalized spacial score (nSPS) is 28.7. The van der Waals surface area contributed by atoms with Crippen LogP contribution in [0.1, 0.15) is 27.2 Å². The van der Waals surface area contributed by atoms with Crippen molar-refractivity contribution >= 4 is 6.21 Å². The van der Waals surface area contributed by atoms with Crippen LogP contribution in [-0.4, -0.2) is 11.8 Å². The fraction of sp³-hybridized carbons (Fsp3) is 0.500. The summed E-state index contributed by atoms with van der Waals surface area (Å²) >= 11 is 0. The van der Waals surface area contributed by atoms with Crippen LogP contribution in [-0.2, 0) is 0 Å². The zero-order valence-electron chi connectivity index (χ0n) is 8.62. The standard InChI is InChI=1S/C12H17N/c1-11-7-4-5-10-13-12(2,3)9-6-8-11/h5-7,9-11H,8H2,1-3H3/b9-6+,13-10?. The molecule has 0 bridgehead atoms. The molecule has 0 fully saturated rings. The molecular formula is C12H17N. The SMILES string of the molecule is CC1C=C=CC=NC(C)(C)/C=C/C1. The second kappa shape index (κ2) is 4.25. The molecule has 70 valence electrons. The van der Waals surface area contributed by atoms with Gasteiger partial charge in [0.1, 0.15) is 0 Å². The lowest BCUT2D eigenvalue weighted by atomic mass is 10.0. The molecule has 0 aromatic heterocycles. The number of hydrogen-bond acceptors (Lipinski definition) is 1. The Hall–Kier alpha value is -1.07. The van der Waals surface area contributed by atoms with Gasteiger partial charge in [0, 0.05) is 6.21 Å². The fourth-order valence-corrected chi connectivity index (χ4v) is 1.17. The summed E-state index contributed by atoms with van der Waals surface area (Å²) < 4.78 is 0. The Morgan fingerprint density at radius 1 is 1.46 bits per heavy atom. The van der Waals surface area contributed by atoms with Crippen LogP contribution >= 0.6 is 0 Å². The van der Waals surface area contributed by atoms with Gasteiger partial charge in [-0.05, 0) is 38.3 Å². The molecule has 1 rings (SSSR count). The van der Waals surface area contributed by atoms with Gasteiger partial charge in [0.15, 0.2) is 0 Å². The van der Waals surface area contributed by atoms with Crippen LogP contribution in [0.2, 0.25) is 0 Å². The minimum atomic E-state index is -0.0742. The van der Waals surface area contributed by atoms with Gasteiger partial charge < -0.3 is 0 Å². The molecule has 0 N–H and O–H groups in total. The van der Waals surface area contributed by atoms with E-state index in [1.165, 1.54) is 0 Å². The average molecular weight is 175 g/mol. The Morgan fingerprint density at radius 3 is 3.00 bits per heavy atom. The van der Waals surface area contributed by atoms with Crippen molar-refractivity contribution in [2.75, 3.05) is 0 Å². The Labute approximate surface area is 80.6 Å². The van der Waals surface area contributed by atoms with Gasteiger partial charge in [-0.15, -0.1) is 5.73 Å². The van der Waals surface area contributed by atoms with Crippen LogP contribution in [0.3, 0.4) is 0 Å². The molecular weight excluding hydrogens is 158 g/mol. The van der Waals surface area contributed by atoms with E-state index < -0.39 is 0 Å². The summed E-state index contributed by atoms with van der Waals surface area (Å²) in [5, 5.41) is 0.